The highest BCUT2D eigenvalue weighted by molar-refractivity contribution is 14.0. The summed E-state index contributed by atoms with van der Waals surface area (Å²) >= 11 is 0. The van der Waals surface area contributed by atoms with Gasteiger partial charge in [0.15, 0.2) is 0 Å². The van der Waals surface area contributed by atoms with Crippen molar-refractivity contribution in [3.63, 3.8) is 0 Å². The maximum atomic E-state index is 9.07. The second-order valence-corrected chi connectivity index (χ2v) is 5.35. The van der Waals surface area contributed by atoms with E-state index in [2.05, 4.69) is 6.07 Å². The summed E-state index contributed by atoms with van der Waals surface area (Å²) in [6.07, 6.45) is 3.61. The van der Waals surface area contributed by atoms with E-state index in [1.807, 2.05) is 43.8 Å². The smallest absolute Gasteiger partial charge is 0.361 e. The Bertz CT molecular complexity index is 377. The van der Waals surface area contributed by atoms with Crippen LogP contribution in [0.1, 0.15) is 46.5 Å². The maximum absolute atomic E-state index is 9.07. The van der Waals surface area contributed by atoms with Crippen LogP contribution in [0.3, 0.4) is 0 Å². The van der Waals surface area contributed by atoms with Crippen LogP contribution in [-0.4, -0.2) is 49.4 Å². The van der Waals surface area contributed by atoms with E-state index < -0.39 is 6.10 Å². The van der Waals surface area contributed by atoms with Crippen molar-refractivity contribution >= 4 is 24.0 Å². The maximum Gasteiger partial charge on any atom is 0.378 e. The Morgan fingerprint density at radius 3 is 1.96 bits per heavy atom. The molecule has 0 aromatic rings. The number of ether oxygens (including phenoxy) is 3. The number of hydrogen-bond acceptors (Lipinski definition) is 6. The Labute approximate surface area is 157 Å². The summed E-state index contributed by atoms with van der Waals surface area (Å²) < 4.78 is 18.0. The minimum Gasteiger partial charge on any atom is -0.361 e. The second kappa shape index (κ2) is 11.9. The van der Waals surface area contributed by atoms with Gasteiger partial charge in [0.05, 0.1) is 44.7 Å². The lowest BCUT2D eigenvalue weighted by Crippen LogP contribution is -2.55. The van der Waals surface area contributed by atoms with Crippen LogP contribution in [0.25, 0.3) is 0 Å². The highest BCUT2D eigenvalue weighted by atomic mass is 127. The zero-order valence-electron chi connectivity index (χ0n) is 14.7. The van der Waals surface area contributed by atoms with Gasteiger partial charge in [-0.25, -0.2) is 0 Å². The molecular weight excluding hydrogens is 409 g/mol. The fraction of sp³-hybridized carbons (Fsp3) is 0.812. The minimum atomic E-state index is -1.24. The largest absolute Gasteiger partial charge is 0.378 e. The van der Waals surface area contributed by atoms with Crippen LogP contribution in [0, 0.1) is 11.3 Å². The molecule has 0 bridgehead atoms. The first kappa shape index (κ1) is 22.4. The topological polar surface area (TPSA) is 58.0 Å². The van der Waals surface area contributed by atoms with Crippen LogP contribution in [0.2, 0.25) is 0 Å². The van der Waals surface area contributed by atoms with Crippen molar-refractivity contribution in [2.24, 2.45) is 0 Å². The molecule has 0 aromatic heterocycles. The lowest BCUT2D eigenvalue weighted by molar-refractivity contribution is -0.441. The highest BCUT2D eigenvalue weighted by Crippen LogP contribution is 2.31. The first-order valence-electron chi connectivity index (χ1n) is 8.10. The van der Waals surface area contributed by atoms with E-state index in [0.29, 0.717) is 32.9 Å². The van der Waals surface area contributed by atoms with E-state index in [0.717, 1.165) is 25.0 Å². The van der Waals surface area contributed by atoms with E-state index in [4.69, 9.17) is 19.5 Å². The molecule has 0 unspecified atom stereocenters. The Kier molecular flexibility index (Phi) is 11.6. The third-order valence-corrected chi connectivity index (χ3v) is 3.14. The third-order valence-electron chi connectivity index (χ3n) is 3.14. The summed E-state index contributed by atoms with van der Waals surface area (Å²) in [5, 5.41) is 9.07. The summed E-state index contributed by atoms with van der Waals surface area (Å²) in [6, 6.07) is 2.20. The lowest BCUT2D eigenvalue weighted by Gasteiger charge is -2.41. The molecule has 7 heteroatoms. The van der Waals surface area contributed by atoms with Crippen molar-refractivity contribution < 1.29 is 14.2 Å². The molecule has 134 valence electrons. The van der Waals surface area contributed by atoms with Crippen molar-refractivity contribution in [1.82, 2.24) is 9.80 Å². The molecule has 0 spiro atoms. The van der Waals surface area contributed by atoms with Crippen molar-refractivity contribution in [3.8, 4) is 6.07 Å². The third kappa shape index (κ3) is 6.45. The van der Waals surface area contributed by atoms with Gasteiger partial charge in [-0.05, 0) is 19.3 Å². The molecule has 0 N–H and O–H groups in total. The van der Waals surface area contributed by atoms with Gasteiger partial charge in [-0.2, -0.15) is 5.26 Å². The van der Waals surface area contributed by atoms with Gasteiger partial charge in [0, 0.05) is 13.2 Å². The number of halogens is 1. The minimum absolute atomic E-state index is 0. The fourth-order valence-electron chi connectivity index (χ4n) is 2.22. The van der Waals surface area contributed by atoms with Crippen molar-refractivity contribution in [1.29, 1.82) is 5.26 Å². The van der Waals surface area contributed by atoms with Crippen LogP contribution in [0.4, 0.5) is 0 Å². The first-order chi connectivity index (χ1) is 10.6. The molecule has 1 heterocycles. The lowest BCUT2D eigenvalue weighted by atomic mass is 10.3. The summed E-state index contributed by atoms with van der Waals surface area (Å²) in [7, 11) is 1.96. The molecule has 0 saturated heterocycles. The van der Waals surface area contributed by atoms with Crippen LogP contribution < -0.4 is 0 Å². The van der Waals surface area contributed by atoms with Gasteiger partial charge in [0.2, 0.25) is 0 Å². The Balaban J connectivity index is 0.00000484. The summed E-state index contributed by atoms with van der Waals surface area (Å²) in [5.74, 6) is 0. The van der Waals surface area contributed by atoms with Gasteiger partial charge in [-0.1, -0.05) is 20.8 Å². The highest BCUT2D eigenvalue weighted by Gasteiger charge is 2.44. The van der Waals surface area contributed by atoms with Crippen LogP contribution in [0.5, 0.6) is 0 Å². The molecule has 0 fully saturated rings. The summed E-state index contributed by atoms with van der Waals surface area (Å²) in [5.41, 5.74) is 0.855. The van der Waals surface area contributed by atoms with Crippen molar-refractivity contribution in [3.05, 3.63) is 11.9 Å². The van der Waals surface area contributed by atoms with E-state index in [1.165, 1.54) is 0 Å². The number of nitriles is 1. The van der Waals surface area contributed by atoms with E-state index in [9.17, 15) is 0 Å². The zero-order valence-corrected chi connectivity index (χ0v) is 17.0. The molecule has 0 amide bonds. The van der Waals surface area contributed by atoms with Crippen molar-refractivity contribution in [2.75, 3.05) is 33.5 Å². The summed E-state index contributed by atoms with van der Waals surface area (Å²) in [4.78, 5) is 3.92. The predicted octanol–water partition coefficient (Wildman–Crippen LogP) is 3.46. The standard InChI is InChI=1S/C16H29N3O3.HI/c1-5-10-20-16(21-11-6-2,22-12-7-3)19-14-18(4)13-15(19)8-9-17;/h13H,5-8,10-12,14H2,1-4H3;1H. The fourth-order valence-corrected chi connectivity index (χ4v) is 2.22. The van der Waals surface area contributed by atoms with E-state index >= 15 is 0 Å². The molecule has 23 heavy (non-hydrogen) atoms. The van der Waals surface area contributed by atoms with Crippen LogP contribution >= 0.6 is 24.0 Å². The van der Waals surface area contributed by atoms with Gasteiger partial charge in [-0.3, -0.25) is 4.90 Å². The van der Waals surface area contributed by atoms with Gasteiger partial charge in [-0.15, -0.1) is 24.0 Å². The SMILES string of the molecule is CCCOC(OCCC)(OCCC)N1CN(C)C=C1CC#N.I. The Hall–Kier alpha value is -0.560. The molecule has 1 rings (SSSR count). The summed E-state index contributed by atoms with van der Waals surface area (Å²) in [6.45, 7) is 8.33. The first-order valence-corrected chi connectivity index (χ1v) is 8.10. The monoisotopic (exact) mass is 439 g/mol. The Morgan fingerprint density at radius 2 is 1.57 bits per heavy atom. The molecule has 1 aliphatic heterocycles. The quantitative estimate of drug-likeness (QED) is 0.363. The molecule has 0 aromatic carbocycles. The number of hydrogen-bond donors (Lipinski definition) is 0. The van der Waals surface area contributed by atoms with Gasteiger partial charge >= 0.3 is 6.10 Å². The van der Waals surface area contributed by atoms with Gasteiger partial charge in [0.1, 0.15) is 0 Å². The van der Waals surface area contributed by atoms with E-state index in [-0.39, 0.29) is 24.0 Å². The number of nitrogens with zero attached hydrogens (tertiary/aromatic N) is 3. The molecule has 0 atom stereocenters. The van der Waals surface area contributed by atoms with Crippen LogP contribution in [0.15, 0.2) is 11.9 Å². The normalized spacial score (nSPS) is 14.5. The average Bonchev–Trinajstić information content (AvgIpc) is 2.89. The van der Waals surface area contributed by atoms with Crippen molar-refractivity contribution in [2.45, 2.75) is 52.6 Å². The molecule has 0 saturated carbocycles. The molecule has 6 nitrogen and oxygen atoms in total. The number of allylic oxidation sites excluding steroid dienone is 1. The number of rotatable bonds is 11. The van der Waals surface area contributed by atoms with Gasteiger partial charge in [0.25, 0.3) is 0 Å². The molecular formula is C16H30IN3O3. The van der Waals surface area contributed by atoms with E-state index in [1.54, 1.807) is 0 Å². The Morgan fingerprint density at radius 1 is 1.09 bits per heavy atom. The molecule has 0 aliphatic carbocycles. The average molecular weight is 439 g/mol. The van der Waals surface area contributed by atoms with Gasteiger partial charge < -0.3 is 19.1 Å². The zero-order chi connectivity index (χ0) is 16.4. The second-order valence-electron chi connectivity index (χ2n) is 5.35. The predicted molar refractivity (Wildman–Crippen MR) is 99.7 cm³/mol. The molecule has 1 aliphatic rings. The van der Waals surface area contributed by atoms with Crippen LogP contribution in [-0.2, 0) is 14.2 Å². The molecule has 0 radical (unpaired) electrons.